The number of aliphatic imine (C=N–C) groups is 1. The molecule has 0 atom stereocenters. The first-order valence-electron chi connectivity index (χ1n) is 6.78. The van der Waals surface area contributed by atoms with Crippen molar-refractivity contribution in [3.8, 4) is 0 Å². The van der Waals surface area contributed by atoms with Crippen LogP contribution in [0.2, 0.25) is 0 Å². The first-order valence-corrected chi connectivity index (χ1v) is 9.40. The maximum absolute atomic E-state index is 4.25. The van der Waals surface area contributed by atoms with Crippen LogP contribution in [0.25, 0.3) is 0 Å². The molecule has 2 N–H and O–H groups in total. The smallest absolute Gasteiger partial charge is 0.191 e. The van der Waals surface area contributed by atoms with Gasteiger partial charge in [0.1, 0.15) is 0 Å². The average molecular weight is 439 g/mol. The van der Waals surface area contributed by atoms with E-state index in [-0.39, 0.29) is 24.0 Å². The number of hydrogen-bond acceptors (Lipinski definition) is 3. The van der Waals surface area contributed by atoms with E-state index in [1.54, 1.807) is 11.8 Å². The molecule has 0 amide bonds. The van der Waals surface area contributed by atoms with E-state index in [1.165, 1.54) is 21.8 Å². The summed E-state index contributed by atoms with van der Waals surface area (Å²) in [6.07, 6.45) is 5.41. The van der Waals surface area contributed by atoms with Crippen LogP contribution in [0.4, 0.5) is 0 Å². The van der Waals surface area contributed by atoms with Crippen LogP contribution < -0.4 is 10.6 Å². The molecule has 0 aliphatic rings. The SMILES string of the molecule is CN=C(NCCCSC)NCc1ccc(C)cc1SC.I. The van der Waals surface area contributed by atoms with Crippen LogP contribution in [0, 0.1) is 6.92 Å². The summed E-state index contributed by atoms with van der Waals surface area (Å²) in [5.41, 5.74) is 2.62. The maximum atomic E-state index is 4.25. The lowest BCUT2D eigenvalue weighted by atomic mass is 10.1. The van der Waals surface area contributed by atoms with E-state index in [0.29, 0.717) is 0 Å². The standard InChI is InChI=1S/C15H25N3S2.HI/c1-12-6-7-13(14(10-12)20-4)11-18-15(16-2)17-8-5-9-19-3;/h6-7,10H,5,8-9,11H2,1-4H3,(H2,16,17,18);1H. The monoisotopic (exact) mass is 439 g/mol. The quantitative estimate of drug-likeness (QED) is 0.223. The number of benzene rings is 1. The van der Waals surface area contributed by atoms with Crippen molar-refractivity contribution in [1.82, 2.24) is 10.6 Å². The van der Waals surface area contributed by atoms with Gasteiger partial charge < -0.3 is 10.6 Å². The van der Waals surface area contributed by atoms with Gasteiger partial charge in [0.05, 0.1) is 0 Å². The fourth-order valence-electron chi connectivity index (χ4n) is 1.82. The minimum atomic E-state index is 0. The Hall–Kier alpha value is -0.0800. The molecule has 0 fully saturated rings. The number of halogens is 1. The number of rotatable bonds is 7. The van der Waals surface area contributed by atoms with E-state index < -0.39 is 0 Å². The van der Waals surface area contributed by atoms with Crippen molar-refractivity contribution in [3.05, 3.63) is 29.3 Å². The Morgan fingerprint density at radius 1 is 1.24 bits per heavy atom. The lowest BCUT2D eigenvalue weighted by molar-refractivity contribution is 0.780. The Morgan fingerprint density at radius 2 is 2.00 bits per heavy atom. The number of nitrogens with zero attached hydrogens (tertiary/aromatic N) is 1. The molecule has 0 saturated carbocycles. The molecule has 0 spiro atoms. The van der Waals surface area contributed by atoms with E-state index in [2.05, 4.69) is 53.3 Å². The van der Waals surface area contributed by atoms with Crippen LogP contribution in [0.1, 0.15) is 17.5 Å². The second kappa shape index (κ2) is 12.5. The molecular formula is C15H26IN3S2. The molecule has 6 heteroatoms. The third kappa shape index (κ3) is 8.21. The number of aryl methyl sites for hydroxylation is 1. The zero-order chi connectivity index (χ0) is 14.8. The van der Waals surface area contributed by atoms with Crippen LogP contribution in [0.5, 0.6) is 0 Å². The fraction of sp³-hybridized carbons (Fsp3) is 0.533. The molecule has 0 unspecified atom stereocenters. The summed E-state index contributed by atoms with van der Waals surface area (Å²) in [5.74, 6) is 2.05. The molecule has 0 aromatic heterocycles. The summed E-state index contributed by atoms with van der Waals surface area (Å²) in [5, 5.41) is 6.72. The molecule has 1 aromatic carbocycles. The maximum Gasteiger partial charge on any atom is 0.191 e. The Bertz CT molecular complexity index is 439. The first-order chi connectivity index (χ1) is 9.71. The predicted molar refractivity (Wildman–Crippen MR) is 110 cm³/mol. The molecule has 3 nitrogen and oxygen atoms in total. The number of guanidine groups is 1. The number of nitrogens with one attached hydrogen (secondary N) is 2. The van der Waals surface area contributed by atoms with Crippen molar-refractivity contribution in [3.63, 3.8) is 0 Å². The molecule has 0 aliphatic carbocycles. The topological polar surface area (TPSA) is 36.4 Å². The molecular weight excluding hydrogens is 413 g/mol. The highest BCUT2D eigenvalue weighted by molar-refractivity contribution is 14.0. The van der Waals surface area contributed by atoms with E-state index in [0.717, 1.165) is 25.5 Å². The van der Waals surface area contributed by atoms with Crippen molar-refractivity contribution in [1.29, 1.82) is 0 Å². The summed E-state index contributed by atoms with van der Waals surface area (Å²) in [4.78, 5) is 5.58. The van der Waals surface area contributed by atoms with E-state index in [1.807, 2.05) is 18.8 Å². The van der Waals surface area contributed by atoms with E-state index in [9.17, 15) is 0 Å². The van der Waals surface area contributed by atoms with Gasteiger partial charge in [0.2, 0.25) is 0 Å². The third-order valence-corrected chi connectivity index (χ3v) is 4.45. The Balaban J connectivity index is 0.00000400. The van der Waals surface area contributed by atoms with Crippen molar-refractivity contribution in [2.75, 3.05) is 31.9 Å². The Labute approximate surface area is 154 Å². The fourth-order valence-corrected chi connectivity index (χ4v) is 2.96. The minimum Gasteiger partial charge on any atom is -0.356 e. The lowest BCUT2D eigenvalue weighted by Crippen LogP contribution is -2.37. The summed E-state index contributed by atoms with van der Waals surface area (Å²) < 4.78 is 0. The van der Waals surface area contributed by atoms with E-state index in [4.69, 9.17) is 0 Å². The molecule has 1 rings (SSSR count). The normalized spacial score (nSPS) is 11.0. The minimum absolute atomic E-state index is 0. The largest absolute Gasteiger partial charge is 0.356 e. The highest BCUT2D eigenvalue weighted by Crippen LogP contribution is 2.21. The molecule has 0 heterocycles. The van der Waals surface area contributed by atoms with Gasteiger partial charge in [-0.3, -0.25) is 4.99 Å². The van der Waals surface area contributed by atoms with Gasteiger partial charge >= 0.3 is 0 Å². The summed E-state index contributed by atoms with van der Waals surface area (Å²) in [7, 11) is 1.81. The molecule has 1 aromatic rings. The molecule has 0 radical (unpaired) electrons. The van der Waals surface area contributed by atoms with Gasteiger partial charge in [-0.1, -0.05) is 12.1 Å². The van der Waals surface area contributed by atoms with Gasteiger partial charge in [-0.05, 0) is 48.8 Å². The van der Waals surface area contributed by atoms with Gasteiger partial charge in [0.15, 0.2) is 5.96 Å². The number of thioether (sulfide) groups is 2. The molecule has 21 heavy (non-hydrogen) atoms. The summed E-state index contributed by atoms with van der Waals surface area (Å²) >= 11 is 3.66. The Kier molecular flexibility index (Phi) is 12.4. The van der Waals surface area contributed by atoms with Crippen molar-refractivity contribution in [2.45, 2.75) is 24.8 Å². The van der Waals surface area contributed by atoms with Crippen LogP contribution in [-0.4, -0.2) is 37.8 Å². The van der Waals surface area contributed by atoms with Gasteiger partial charge in [-0.2, -0.15) is 11.8 Å². The van der Waals surface area contributed by atoms with Crippen molar-refractivity contribution in [2.24, 2.45) is 4.99 Å². The Morgan fingerprint density at radius 3 is 2.62 bits per heavy atom. The lowest BCUT2D eigenvalue weighted by Gasteiger charge is -2.14. The van der Waals surface area contributed by atoms with Gasteiger partial charge in [0.25, 0.3) is 0 Å². The molecule has 120 valence electrons. The average Bonchev–Trinajstić information content (AvgIpc) is 2.47. The van der Waals surface area contributed by atoms with Crippen LogP contribution >= 0.6 is 47.5 Å². The summed E-state index contributed by atoms with van der Waals surface area (Å²) in [6, 6.07) is 6.58. The van der Waals surface area contributed by atoms with Crippen LogP contribution in [-0.2, 0) is 6.54 Å². The highest BCUT2D eigenvalue weighted by Gasteiger charge is 2.03. The van der Waals surface area contributed by atoms with Crippen molar-refractivity contribution >= 4 is 53.5 Å². The third-order valence-electron chi connectivity index (χ3n) is 2.93. The predicted octanol–water partition coefficient (Wildman–Crippen LogP) is 3.75. The van der Waals surface area contributed by atoms with Crippen LogP contribution in [0.15, 0.2) is 28.1 Å². The van der Waals surface area contributed by atoms with Crippen LogP contribution in [0.3, 0.4) is 0 Å². The van der Waals surface area contributed by atoms with Gasteiger partial charge in [0, 0.05) is 25.0 Å². The molecule has 0 aliphatic heterocycles. The van der Waals surface area contributed by atoms with Crippen molar-refractivity contribution < 1.29 is 0 Å². The highest BCUT2D eigenvalue weighted by atomic mass is 127. The first kappa shape index (κ1) is 20.9. The van der Waals surface area contributed by atoms with Gasteiger partial charge in [-0.25, -0.2) is 0 Å². The molecule has 0 bridgehead atoms. The zero-order valence-corrected chi connectivity index (χ0v) is 17.2. The summed E-state index contributed by atoms with van der Waals surface area (Å²) in [6.45, 7) is 3.89. The number of hydrogen-bond donors (Lipinski definition) is 2. The molecule has 0 saturated heterocycles. The van der Waals surface area contributed by atoms with Gasteiger partial charge in [-0.15, -0.1) is 35.7 Å². The second-order valence-electron chi connectivity index (χ2n) is 4.51. The zero-order valence-electron chi connectivity index (χ0n) is 13.2. The van der Waals surface area contributed by atoms with E-state index >= 15 is 0 Å². The second-order valence-corrected chi connectivity index (χ2v) is 6.35.